The zero-order chi connectivity index (χ0) is 13.1. The Balaban J connectivity index is 2.26. The summed E-state index contributed by atoms with van der Waals surface area (Å²) in [6.45, 7) is 0. The molecule has 1 aromatic carbocycles. The van der Waals surface area contributed by atoms with E-state index in [4.69, 9.17) is 0 Å². The molecule has 0 unspecified atom stereocenters. The Morgan fingerprint density at radius 1 is 1.44 bits per heavy atom. The highest BCUT2D eigenvalue weighted by molar-refractivity contribution is 6.07. The van der Waals surface area contributed by atoms with Crippen molar-refractivity contribution in [2.45, 2.75) is 0 Å². The van der Waals surface area contributed by atoms with Crippen molar-refractivity contribution in [3.63, 3.8) is 0 Å². The average molecular weight is 248 g/mol. The zero-order valence-electron chi connectivity index (χ0n) is 10.1. The number of benzene rings is 1. The van der Waals surface area contributed by atoms with Crippen LogP contribution >= 0.6 is 0 Å². The third kappa shape index (κ3) is 2.32. The van der Waals surface area contributed by atoms with E-state index in [-0.39, 0.29) is 17.2 Å². The number of carbonyl (C=O) groups excluding carboxylic acids is 1. The van der Waals surface area contributed by atoms with E-state index in [0.717, 1.165) is 0 Å². The molecule has 1 amide bonds. The largest absolute Gasteiger partial charge is 0.385 e. The minimum Gasteiger partial charge on any atom is -0.385 e. The molecule has 0 radical (unpaired) electrons. The van der Waals surface area contributed by atoms with Gasteiger partial charge in [-0.25, -0.2) is 4.39 Å². The van der Waals surface area contributed by atoms with Gasteiger partial charge >= 0.3 is 0 Å². The van der Waals surface area contributed by atoms with Gasteiger partial charge in [0.1, 0.15) is 5.82 Å². The molecule has 5 nitrogen and oxygen atoms in total. The maximum absolute atomic E-state index is 13.5. The number of nitrogens with one attached hydrogen (secondary N) is 2. The number of hydrogen-bond donors (Lipinski definition) is 2. The molecule has 94 valence electrons. The smallest absolute Gasteiger partial charge is 0.257 e. The van der Waals surface area contributed by atoms with Crippen LogP contribution < -0.4 is 10.6 Å². The Morgan fingerprint density at radius 3 is 2.83 bits per heavy atom. The van der Waals surface area contributed by atoms with Gasteiger partial charge in [0.05, 0.1) is 23.1 Å². The highest BCUT2D eigenvalue weighted by Gasteiger charge is 2.14. The number of amides is 1. The first-order valence-electron chi connectivity index (χ1n) is 5.38. The van der Waals surface area contributed by atoms with Crippen molar-refractivity contribution in [2.24, 2.45) is 7.05 Å². The highest BCUT2D eigenvalue weighted by atomic mass is 19.1. The van der Waals surface area contributed by atoms with Crippen LogP contribution in [0.5, 0.6) is 0 Å². The summed E-state index contributed by atoms with van der Waals surface area (Å²) in [5, 5.41) is 9.27. The van der Waals surface area contributed by atoms with Gasteiger partial charge in [0.25, 0.3) is 5.91 Å². The van der Waals surface area contributed by atoms with Crippen molar-refractivity contribution < 1.29 is 9.18 Å². The van der Waals surface area contributed by atoms with E-state index >= 15 is 0 Å². The fraction of sp³-hybridized carbons (Fsp3) is 0.167. The molecule has 0 aliphatic carbocycles. The van der Waals surface area contributed by atoms with Crippen molar-refractivity contribution in [3.05, 3.63) is 42.0 Å². The summed E-state index contributed by atoms with van der Waals surface area (Å²) >= 11 is 0. The van der Waals surface area contributed by atoms with Crippen molar-refractivity contribution >= 4 is 17.3 Å². The molecule has 0 bridgehead atoms. The Hall–Kier alpha value is -2.37. The zero-order valence-corrected chi connectivity index (χ0v) is 10.1. The van der Waals surface area contributed by atoms with E-state index in [1.807, 2.05) is 0 Å². The molecule has 0 aliphatic heterocycles. The first-order valence-corrected chi connectivity index (χ1v) is 5.38. The number of rotatable bonds is 3. The molecular weight excluding hydrogens is 235 g/mol. The van der Waals surface area contributed by atoms with E-state index in [1.54, 1.807) is 31.0 Å². The second kappa shape index (κ2) is 4.87. The molecule has 0 spiro atoms. The summed E-state index contributed by atoms with van der Waals surface area (Å²) in [4.78, 5) is 12.0. The summed E-state index contributed by atoms with van der Waals surface area (Å²) in [5.41, 5.74) is 0.994. The first kappa shape index (κ1) is 12.1. The minimum absolute atomic E-state index is 0.180. The van der Waals surface area contributed by atoms with Gasteiger partial charge in [-0.1, -0.05) is 6.07 Å². The van der Waals surface area contributed by atoms with Gasteiger partial charge in [-0.3, -0.25) is 9.48 Å². The predicted molar refractivity (Wildman–Crippen MR) is 67.1 cm³/mol. The van der Waals surface area contributed by atoms with Crippen LogP contribution in [0, 0.1) is 5.82 Å². The Morgan fingerprint density at radius 2 is 2.22 bits per heavy atom. The molecule has 1 aromatic heterocycles. The predicted octanol–water partition coefficient (Wildman–Crippen LogP) is 1.85. The van der Waals surface area contributed by atoms with Crippen molar-refractivity contribution in [1.82, 2.24) is 9.78 Å². The molecule has 0 aliphatic rings. The van der Waals surface area contributed by atoms with Crippen LogP contribution in [0.2, 0.25) is 0 Å². The van der Waals surface area contributed by atoms with Crippen LogP contribution in [-0.2, 0) is 7.05 Å². The van der Waals surface area contributed by atoms with E-state index in [1.165, 1.54) is 18.3 Å². The third-order valence-corrected chi connectivity index (χ3v) is 2.47. The molecule has 2 N–H and O–H groups in total. The highest BCUT2D eigenvalue weighted by Crippen LogP contribution is 2.20. The van der Waals surface area contributed by atoms with Gasteiger partial charge in [0.2, 0.25) is 0 Å². The lowest BCUT2D eigenvalue weighted by Crippen LogP contribution is -2.14. The number of carbonyl (C=O) groups is 1. The summed E-state index contributed by atoms with van der Waals surface area (Å²) in [6, 6.07) is 4.35. The Bertz CT molecular complexity index is 579. The summed E-state index contributed by atoms with van der Waals surface area (Å²) < 4.78 is 15.1. The van der Waals surface area contributed by atoms with Crippen LogP contribution in [-0.4, -0.2) is 22.7 Å². The van der Waals surface area contributed by atoms with Crippen molar-refractivity contribution in [1.29, 1.82) is 0 Å². The normalized spacial score (nSPS) is 10.2. The Kier molecular flexibility index (Phi) is 3.27. The molecule has 1 heterocycles. The number of nitrogens with zero attached hydrogens (tertiary/aromatic N) is 2. The molecule has 6 heteroatoms. The van der Waals surface area contributed by atoms with Crippen LogP contribution in [0.3, 0.4) is 0 Å². The van der Waals surface area contributed by atoms with Crippen molar-refractivity contribution in [2.75, 3.05) is 17.7 Å². The lowest BCUT2D eigenvalue weighted by molar-refractivity contribution is 0.102. The lowest BCUT2D eigenvalue weighted by atomic mass is 10.1. The number of halogens is 1. The molecule has 0 saturated heterocycles. The van der Waals surface area contributed by atoms with Gasteiger partial charge in [-0.05, 0) is 12.1 Å². The molecule has 0 atom stereocenters. The van der Waals surface area contributed by atoms with Crippen LogP contribution in [0.15, 0.2) is 30.6 Å². The maximum Gasteiger partial charge on any atom is 0.257 e. The van der Waals surface area contributed by atoms with Gasteiger partial charge in [0.15, 0.2) is 0 Å². The van der Waals surface area contributed by atoms with Gasteiger partial charge in [-0.2, -0.15) is 5.10 Å². The molecule has 2 aromatic rings. The Labute approximate surface area is 104 Å². The standard InChI is InChI=1S/C12H13FN4O/c1-14-11-9(4-3-5-10(11)13)12(18)16-8-6-15-17(2)7-8/h3-7,14H,1-2H3,(H,16,18). The topological polar surface area (TPSA) is 59.0 Å². The number of hydrogen-bond acceptors (Lipinski definition) is 3. The quantitative estimate of drug-likeness (QED) is 0.871. The SMILES string of the molecule is CNc1c(F)cccc1C(=O)Nc1cnn(C)c1. The first-order chi connectivity index (χ1) is 8.61. The average Bonchev–Trinajstić information content (AvgIpc) is 2.74. The van der Waals surface area contributed by atoms with Crippen molar-refractivity contribution in [3.8, 4) is 0 Å². The van der Waals surface area contributed by atoms with Crippen LogP contribution in [0.4, 0.5) is 15.8 Å². The number of anilines is 2. The monoisotopic (exact) mass is 248 g/mol. The molecule has 0 fully saturated rings. The van der Waals surface area contributed by atoms with Crippen LogP contribution in [0.25, 0.3) is 0 Å². The van der Waals surface area contributed by atoms with E-state index < -0.39 is 5.82 Å². The molecule has 0 saturated carbocycles. The second-order valence-electron chi connectivity index (χ2n) is 3.77. The van der Waals surface area contributed by atoms with Gasteiger partial charge in [-0.15, -0.1) is 0 Å². The molecule has 18 heavy (non-hydrogen) atoms. The van der Waals surface area contributed by atoms with E-state index in [0.29, 0.717) is 5.69 Å². The number of aryl methyl sites for hydroxylation is 1. The van der Waals surface area contributed by atoms with Crippen LogP contribution in [0.1, 0.15) is 10.4 Å². The molecular formula is C12H13FN4O. The summed E-state index contributed by atoms with van der Waals surface area (Å²) in [6.07, 6.45) is 3.19. The van der Waals surface area contributed by atoms with E-state index in [9.17, 15) is 9.18 Å². The third-order valence-electron chi connectivity index (χ3n) is 2.47. The summed E-state index contributed by atoms with van der Waals surface area (Å²) in [5.74, 6) is -0.844. The second-order valence-corrected chi connectivity index (χ2v) is 3.77. The summed E-state index contributed by atoms with van der Waals surface area (Å²) in [7, 11) is 3.32. The fourth-order valence-corrected chi connectivity index (χ4v) is 1.65. The lowest BCUT2D eigenvalue weighted by Gasteiger charge is -2.09. The number of para-hydroxylation sites is 1. The fourth-order valence-electron chi connectivity index (χ4n) is 1.65. The minimum atomic E-state index is -0.462. The van der Waals surface area contributed by atoms with Gasteiger partial charge in [0, 0.05) is 20.3 Å². The maximum atomic E-state index is 13.5. The number of aromatic nitrogens is 2. The van der Waals surface area contributed by atoms with Gasteiger partial charge < -0.3 is 10.6 Å². The molecule has 2 rings (SSSR count). The van der Waals surface area contributed by atoms with E-state index in [2.05, 4.69) is 15.7 Å².